The minimum atomic E-state index is -0.305. The van der Waals surface area contributed by atoms with Gasteiger partial charge in [-0.2, -0.15) is 0 Å². The fourth-order valence-electron chi connectivity index (χ4n) is 1.71. The Kier molecular flexibility index (Phi) is 6.14. The molecule has 7 nitrogen and oxygen atoms in total. The summed E-state index contributed by atoms with van der Waals surface area (Å²) >= 11 is 0. The smallest absolute Gasteiger partial charge is 0.293 e. The van der Waals surface area contributed by atoms with Crippen LogP contribution in [0.4, 0.5) is 0 Å². The summed E-state index contributed by atoms with van der Waals surface area (Å²) in [6.45, 7) is 4.55. The van der Waals surface area contributed by atoms with Crippen molar-refractivity contribution >= 4 is 11.8 Å². The van der Waals surface area contributed by atoms with Crippen LogP contribution in [0, 0.1) is 0 Å². The van der Waals surface area contributed by atoms with Crippen molar-refractivity contribution < 1.29 is 9.59 Å². The van der Waals surface area contributed by atoms with Crippen LogP contribution in [-0.4, -0.2) is 64.0 Å². The molecule has 0 aromatic carbocycles. The predicted molar refractivity (Wildman–Crippen MR) is 75.3 cm³/mol. The summed E-state index contributed by atoms with van der Waals surface area (Å²) in [4.78, 5) is 31.2. The normalized spacial score (nSPS) is 10.4. The lowest BCUT2D eigenvalue weighted by molar-refractivity contribution is -0.129. The van der Waals surface area contributed by atoms with Crippen LogP contribution in [0.1, 0.15) is 43.1 Å². The number of hydrogen-bond donors (Lipinski definition) is 1. The van der Waals surface area contributed by atoms with Gasteiger partial charge in [0.15, 0.2) is 0 Å². The lowest BCUT2D eigenvalue weighted by Gasteiger charge is -2.21. The lowest BCUT2D eigenvalue weighted by Crippen LogP contribution is -2.41. The minimum absolute atomic E-state index is 0.0529. The highest BCUT2D eigenvalue weighted by Gasteiger charge is 2.22. The summed E-state index contributed by atoms with van der Waals surface area (Å²) in [6, 6.07) is 0. The highest BCUT2D eigenvalue weighted by molar-refractivity contribution is 5.93. The zero-order chi connectivity index (χ0) is 15.1. The Morgan fingerprint density at radius 2 is 1.90 bits per heavy atom. The van der Waals surface area contributed by atoms with E-state index in [1.54, 1.807) is 14.1 Å². The molecule has 0 aliphatic rings. The molecule has 0 aliphatic heterocycles. The maximum Gasteiger partial charge on any atom is 0.293 e. The fraction of sp³-hybridized carbons (Fsp3) is 0.692. The summed E-state index contributed by atoms with van der Waals surface area (Å²) < 4.78 is 0. The molecule has 1 aromatic rings. The Labute approximate surface area is 119 Å². The van der Waals surface area contributed by atoms with Crippen molar-refractivity contribution in [2.45, 2.75) is 33.1 Å². The standard InChI is InChI=1S/C13H23N5O2/c1-5-7-10-14-12(16-15-10)13(20)18(8-6-2)9-11(19)17(3)4/h5-9H2,1-4H3,(H,14,15,16). The maximum atomic E-state index is 12.3. The zero-order valence-corrected chi connectivity index (χ0v) is 12.6. The van der Waals surface area contributed by atoms with E-state index < -0.39 is 0 Å². The number of carbonyl (C=O) groups excluding carboxylic acids is 2. The van der Waals surface area contributed by atoms with Gasteiger partial charge in [0, 0.05) is 27.1 Å². The van der Waals surface area contributed by atoms with E-state index in [0.29, 0.717) is 12.4 Å². The van der Waals surface area contributed by atoms with E-state index in [0.717, 1.165) is 19.3 Å². The molecule has 0 aliphatic carbocycles. The number of aryl methyl sites for hydroxylation is 1. The third-order valence-electron chi connectivity index (χ3n) is 2.82. The average molecular weight is 281 g/mol. The molecule has 0 fully saturated rings. The van der Waals surface area contributed by atoms with Gasteiger partial charge in [0.25, 0.3) is 5.91 Å². The molecule has 0 spiro atoms. The first-order valence-corrected chi connectivity index (χ1v) is 6.90. The number of amides is 2. The van der Waals surface area contributed by atoms with E-state index in [2.05, 4.69) is 15.2 Å². The molecular weight excluding hydrogens is 258 g/mol. The largest absolute Gasteiger partial charge is 0.347 e. The molecule has 0 saturated heterocycles. The highest BCUT2D eigenvalue weighted by atomic mass is 16.2. The summed E-state index contributed by atoms with van der Waals surface area (Å²) in [5.41, 5.74) is 0. The average Bonchev–Trinajstić information content (AvgIpc) is 2.86. The Hall–Kier alpha value is -1.92. The molecule has 20 heavy (non-hydrogen) atoms. The lowest BCUT2D eigenvalue weighted by atomic mass is 10.3. The van der Waals surface area contributed by atoms with Gasteiger partial charge in [-0.15, -0.1) is 5.10 Å². The van der Waals surface area contributed by atoms with Crippen LogP contribution in [0.25, 0.3) is 0 Å². The second-order valence-corrected chi connectivity index (χ2v) is 4.87. The molecule has 0 unspecified atom stereocenters. The minimum Gasteiger partial charge on any atom is -0.347 e. The van der Waals surface area contributed by atoms with Crippen molar-refractivity contribution in [2.24, 2.45) is 0 Å². The highest BCUT2D eigenvalue weighted by Crippen LogP contribution is 2.03. The summed E-state index contributed by atoms with van der Waals surface area (Å²) in [5, 5.41) is 6.69. The SMILES string of the molecule is CCCc1nc(C(=O)N(CCC)CC(=O)N(C)C)n[nH]1. The molecule has 1 aromatic heterocycles. The summed E-state index contributed by atoms with van der Waals surface area (Å²) in [6.07, 6.45) is 2.46. The van der Waals surface area contributed by atoms with Crippen LogP contribution in [-0.2, 0) is 11.2 Å². The van der Waals surface area contributed by atoms with Crippen LogP contribution in [0.15, 0.2) is 0 Å². The fourth-order valence-corrected chi connectivity index (χ4v) is 1.71. The quantitative estimate of drug-likeness (QED) is 0.797. The number of carbonyl (C=O) groups is 2. The second kappa shape index (κ2) is 7.62. The monoisotopic (exact) mass is 281 g/mol. The first-order chi connectivity index (χ1) is 9.49. The number of rotatable bonds is 7. The predicted octanol–water partition coefficient (Wildman–Crippen LogP) is 0.698. The molecule has 0 bridgehead atoms. The van der Waals surface area contributed by atoms with E-state index in [1.807, 2.05) is 13.8 Å². The van der Waals surface area contributed by atoms with E-state index in [1.165, 1.54) is 9.80 Å². The van der Waals surface area contributed by atoms with Crippen LogP contribution in [0.5, 0.6) is 0 Å². The molecule has 0 saturated carbocycles. The van der Waals surface area contributed by atoms with Crippen molar-refractivity contribution in [1.29, 1.82) is 0 Å². The van der Waals surface area contributed by atoms with Crippen molar-refractivity contribution in [3.8, 4) is 0 Å². The second-order valence-electron chi connectivity index (χ2n) is 4.87. The van der Waals surface area contributed by atoms with Gasteiger partial charge in [-0.25, -0.2) is 4.98 Å². The van der Waals surface area contributed by atoms with Crippen LogP contribution < -0.4 is 0 Å². The molecule has 112 valence electrons. The zero-order valence-electron chi connectivity index (χ0n) is 12.6. The Morgan fingerprint density at radius 3 is 2.45 bits per heavy atom. The van der Waals surface area contributed by atoms with Crippen LogP contribution >= 0.6 is 0 Å². The van der Waals surface area contributed by atoms with Gasteiger partial charge in [0.1, 0.15) is 12.4 Å². The molecule has 1 rings (SSSR count). The number of hydrogen-bond acceptors (Lipinski definition) is 4. The van der Waals surface area contributed by atoms with Crippen LogP contribution in [0.2, 0.25) is 0 Å². The number of nitrogens with zero attached hydrogens (tertiary/aromatic N) is 4. The van der Waals surface area contributed by atoms with Gasteiger partial charge >= 0.3 is 0 Å². The van der Waals surface area contributed by atoms with Crippen molar-refractivity contribution in [3.05, 3.63) is 11.6 Å². The van der Waals surface area contributed by atoms with Gasteiger partial charge in [-0.3, -0.25) is 14.7 Å². The molecule has 0 atom stereocenters. The van der Waals surface area contributed by atoms with Crippen LogP contribution in [0.3, 0.4) is 0 Å². The van der Waals surface area contributed by atoms with E-state index >= 15 is 0 Å². The molecule has 1 heterocycles. The number of H-pyrrole nitrogens is 1. The van der Waals surface area contributed by atoms with Crippen molar-refractivity contribution in [2.75, 3.05) is 27.2 Å². The Bertz CT molecular complexity index is 455. The molecule has 1 N–H and O–H groups in total. The van der Waals surface area contributed by atoms with Gasteiger partial charge < -0.3 is 9.80 Å². The maximum absolute atomic E-state index is 12.3. The first-order valence-electron chi connectivity index (χ1n) is 6.90. The molecule has 7 heteroatoms. The van der Waals surface area contributed by atoms with Gasteiger partial charge in [-0.1, -0.05) is 13.8 Å². The van der Waals surface area contributed by atoms with Gasteiger partial charge in [-0.05, 0) is 12.8 Å². The summed E-state index contributed by atoms with van der Waals surface area (Å²) in [7, 11) is 3.34. The third kappa shape index (κ3) is 4.32. The Balaban J connectivity index is 2.78. The molecule has 0 radical (unpaired) electrons. The number of nitrogens with one attached hydrogen (secondary N) is 1. The van der Waals surface area contributed by atoms with Gasteiger partial charge in [0.2, 0.25) is 11.7 Å². The van der Waals surface area contributed by atoms with E-state index in [9.17, 15) is 9.59 Å². The number of aromatic nitrogens is 3. The number of aromatic amines is 1. The summed E-state index contributed by atoms with van der Waals surface area (Å²) in [5.74, 6) is 0.413. The van der Waals surface area contributed by atoms with Crippen molar-refractivity contribution in [3.63, 3.8) is 0 Å². The first kappa shape index (κ1) is 16.1. The third-order valence-corrected chi connectivity index (χ3v) is 2.82. The van der Waals surface area contributed by atoms with E-state index in [4.69, 9.17) is 0 Å². The number of likely N-dealkylation sites (N-methyl/N-ethyl adjacent to an activating group) is 1. The van der Waals surface area contributed by atoms with E-state index in [-0.39, 0.29) is 24.2 Å². The van der Waals surface area contributed by atoms with Crippen molar-refractivity contribution in [1.82, 2.24) is 25.0 Å². The molecular formula is C13H23N5O2. The Morgan fingerprint density at radius 1 is 1.20 bits per heavy atom. The van der Waals surface area contributed by atoms with Gasteiger partial charge in [0.05, 0.1) is 0 Å². The molecule has 2 amide bonds. The topological polar surface area (TPSA) is 82.2 Å².